The molecule has 0 saturated carbocycles. The van der Waals surface area contributed by atoms with Gasteiger partial charge in [0.25, 0.3) is 0 Å². The summed E-state index contributed by atoms with van der Waals surface area (Å²) < 4.78 is 0. The SMILES string of the molecule is O=CC1=C(c2ccccc2)C2=NC1=CC1=NC(=CC3=NC(=CC4=NC(=C2c2ccccc2)C(c2ccccc2)=C4c2ccccc2)C=C3)C=C1. The largest absolute Gasteiger partial charge is 0.298 e. The van der Waals surface area contributed by atoms with Crippen LogP contribution in [0.15, 0.2) is 212 Å². The van der Waals surface area contributed by atoms with Gasteiger partial charge in [-0.25, -0.2) is 20.0 Å². The van der Waals surface area contributed by atoms with Crippen LogP contribution in [0.4, 0.5) is 0 Å². The average molecular weight is 641 g/mol. The Hall–Kier alpha value is -6.85. The van der Waals surface area contributed by atoms with Gasteiger partial charge in [0.05, 0.1) is 51.2 Å². The van der Waals surface area contributed by atoms with Gasteiger partial charge in [-0.3, -0.25) is 4.79 Å². The molecule has 5 heterocycles. The number of aliphatic imine (C=N–C) groups is 4. The number of nitrogens with zero attached hydrogens (tertiary/aromatic N) is 4. The average Bonchev–Trinajstić information content (AvgIpc) is 3.96. The van der Waals surface area contributed by atoms with Crippen LogP contribution in [0.1, 0.15) is 22.3 Å². The van der Waals surface area contributed by atoms with Gasteiger partial charge in [0.1, 0.15) is 0 Å². The lowest BCUT2D eigenvalue weighted by atomic mass is 9.85. The predicted molar refractivity (Wildman–Crippen MR) is 205 cm³/mol. The Morgan fingerprint density at radius 1 is 0.420 bits per heavy atom. The Labute approximate surface area is 289 Å². The van der Waals surface area contributed by atoms with Gasteiger partial charge in [-0.1, -0.05) is 121 Å². The molecule has 0 unspecified atom stereocenters. The summed E-state index contributed by atoms with van der Waals surface area (Å²) in [5, 5.41) is 0. The van der Waals surface area contributed by atoms with Crippen molar-refractivity contribution >= 4 is 51.4 Å². The molecule has 50 heavy (non-hydrogen) atoms. The molecule has 0 saturated heterocycles. The van der Waals surface area contributed by atoms with Gasteiger partial charge >= 0.3 is 0 Å². The smallest absolute Gasteiger partial charge is 0.152 e. The highest BCUT2D eigenvalue weighted by Gasteiger charge is 2.35. The van der Waals surface area contributed by atoms with Crippen molar-refractivity contribution in [2.45, 2.75) is 0 Å². The lowest BCUT2D eigenvalue weighted by Gasteiger charge is -2.17. The highest BCUT2D eigenvalue weighted by atomic mass is 16.1. The van der Waals surface area contributed by atoms with Crippen LogP contribution < -0.4 is 0 Å². The van der Waals surface area contributed by atoms with Gasteiger partial charge in [-0.05, 0) is 64.8 Å². The molecule has 5 aliphatic heterocycles. The van der Waals surface area contributed by atoms with E-state index in [1.165, 1.54) is 0 Å². The predicted octanol–water partition coefficient (Wildman–Crippen LogP) is 9.26. The van der Waals surface area contributed by atoms with E-state index in [1.54, 1.807) is 0 Å². The van der Waals surface area contributed by atoms with Crippen LogP contribution in [0.25, 0.3) is 22.3 Å². The van der Waals surface area contributed by atoms with E-state index in [0.29, 0.717) is 22.7 Å². The number of allylic oxidation sites excluding steroid dienone is 12. The number of aldehydes is 1. The molecule has 5 heteroatoms. The van der Waals surface area contributed by atoms with Crippen molar-refractivity contribution in [2.75, 3.05) is 0 Å². The fourth-order valence-corrected chi connectivity index (χ4v) is 6.88. The van der Waals surface area contributed by atoms with E-state index in [-0.39, 0.29) is 0 Å². The minimum atomic E-state index is 0.502. The molecular formula is C45H28N4O. The van der Waals surface area contributed by atoms with E-state index >= 15 is 0 Å². The van der Waals surface area contributed by atoms with Gasteiger partial charge in [0, 0.05) is 22.3 Å². The fourth-order valence-electron chi connectivity index (χ4n) is 6.88. The third-order valence-electron chi connectivity index (χ3n) is 9.06. The molecule has 234 valence electrons. The lowest BCUT2D eigenvalue weighted by Crippen LogP contribution is -2.08. The van der Waals surface area contributed by atoms with Crippen LogP contribution in [-0.2, 0) is 4.79 Å². The first-order valence-electron chi connectivity index (χ1n) is 16.5. The van der Waals surface area contributed by atoms with Gasteiger partial charge in [-0.2, -0.15) is 0 Å². The van der Waals surface area contributed by atoms with Crippen molar-refractivity contribution in [3.63, 3.8) is 0 Å². The molecule has 0 atom stereocenters. The maximum atomic E-state index is 13.2. The van der Waals surface area contributed by atoms with Crippen molar-refractivity contribution in [3.8, 4) is 0 Å². The number of hydrogen-bond donors (Lipinski definition) is 0. The van der Waals surface area contributed by atoms with Crippen LogP contribution in [0.3, 0.4) is 0 Å². The molecule has 9 rings (SSSR count). The van der Waals surface area contributed by atoms with E-state index < -0.39 is 0 Å². The molecule has 0 aromatic heterocycles. The summed E-state index contributed by atoms with van der Waals surface area (Å²) >= 11 is 0. The number of rotatable bonds is 5. The van der Waals surface area contributed by atoms with Crippen LogP contribution in [0, 0.1) is 0 Å². The van der Waals surface area contributed by atoms with Crippen LogP contribution in [-0.4, -0.2) is 29.1 Å². The quantitative estimate of drug-likeness (QED) is 0.201. The Kier molecular flexibility index (Phi) is 7.21. The van der Waals surface area contributed by atoms with Crippen molar-refractivity contribution < 1.29 is 4.79 Å². The van der Waals surface area contributed by atoms with E-state index in [4.69, 9.17) is 20.0 Å². The number of carbonyl (C=O) groups is 1. The fraction of sp³-hybridized carbons (Fsp3) is 0. The summed E-state index contributed by atoms with van der Waals surface area (Å²) in [7, 11) is 0. The molecule has 4 aromatic rings. The molecule has 0 aliphatic carbocycles. The van der Waals surface area contributed by atoms with Gasteiger partial charge in [-0.15, -0.1) is 0 Å². The number of benzene rings is 4. The minimum absolute atomic E-state index is 0.502. The second-order valence-electron chi connectivity index (χ2n) is 12.2. The van der Waals surface area contributed by atoms with Crippen molar-refractivity contribution in [1.29, 1.82) is 0 Å². The maximum Gasteiger partial charge on any atom is 0.152 e. The highest BCUT2D eigenvalue weighted by Crippen LogP contribution is 2.47. The summed E-state index contributed by atoms with van der Waals surface area (Å²) in [6.45, 7) is 0. The van der Waals surface area contributed by atoms with Crippen molar-refractivity contribution in [2.24, 2.45) is 20.0 Å². The second kappa shape index (κ2) is 12.3. The van der Waals surface area contributed by atoms with Crippen LogP contribution in [0.5, 0.6) is 0 Å². The Balaban J connectivity index is 1.46. The Bertz CT molecular complexity index is 2480. The first-order chi connectivity index (χ1) is 24.7. The van der Waals surface area contributed by atoms with Crippen LogP contribution >= 0.6 is 0 Å². The van der Waals surface area contributed by atoms with E-state index in [2.05, 4.69) is 66.7 Å². The molecule has 0 fully saturated rings. The standard InChI is InChI=1S/C45H28N4O/c50-28-37-38-26-35-23-21-33(46-35)25-34-22-24-36(47-34)27-39-41(30-15-7-2-8-16-30)42(31-17-9-3-10-18-31)45(49-39)43(32-19-11-4-12-20-32)44(48-38)40(37)29-13-5-1-6-14-29/h1-28H. The van der Waals surface area contributed by atoms with E-state index in [1.807, 2.05) is 97.1 Å². The van der Waals surface area contributed by atoms with Gasteiger partial charge in [0.15, 0.2) is 6.29 Å². The Morgan fingerprint density at radius 3 is 1.46 bits per heavy atom. The molecule has 4 aromatic carbocycles. The molecule has 0 amide bonds. The molecule has 5 nitrogen and oxygen atoms in total. The zero-order chi connectivity index (χ0) is 33.4. The van der Waals surface area contributed by atoms with E-state index in [9.17, 15) is 4.79 Å². The lowest BCUT2D eigenvalue weighted by molar-refractivity contribution is -0.104. The van der Waals surface area contributed by atoms with Crippen molar-refractivity contribution in [1.82, 2.24) is 0 Å². The van der Waals surface area contributed by atoms with Crippen LogP contribution in [0.2, 0.25) is 0 Å². The number of carbonyl (C=O) groups excluding carboxylic acids is 1. The normalized spacial score (nSPS) is 17.7. The van der Waals surface area contributed by atoms with Gasteiger partial charge in [0.2, 0.25) is 0 Å². The summed E-state index contributed by atoms with van der Waals surface area (Å²) in [6, 6.07) is 41.0. The highest BCUT2D eigenvalue weighted by molar-refractivity contribution is 6.52. The van der Waals surface area contributed by atoms with Crippen molar-refractivity contribution in [3.05, 3.63) is 214 Å². The Morgan fingerprint density at radius 2 is 0.900 bits per heavy atom. The topological polar surface area (TPSA) is 66.5 Å². The number of fused-ring (bicyclic) bond motifs is 4. The van der Waals surface area contributed by atoms with E-state index in [0.717, 1.165) is 79.3 Å². The first-order valence-corrected chi connectivity index (χ1v) is 16.5. The van der Waals surface area contributed by atoms with Gasteiger partial charge < -0.3 is 0 Å². The molecule has 0 radical (unpaired) electrons. The summed E-state index contributed by atoms with van der Waals surface area (Å²) in [4.78, 5) is 33.8. The maximum absolute atomic E-state index is 13.2. The zero-order valence-corrected chi connectivity index (χ0v) is 26.9. The third-order valence-corrected chi connectivity index (χ3v) is 9.06. The molecule has 0 spiro atoms. The summed E-state index contributed by atoms with van der Waals surface area (Å²) in [5.41, 5.74) is 13.8. The molecule has 5 aliphatic rings. The minimum Gasteiger partial charge on any atom is -0.298 e. The third kappa shape index (κ3) is 5.18. The second-order valence-corrected chi connectivity index (χ2v) is 12.2. The molecule has 0 N–H and O–H groups in total. The summed E-state index contributed by atoms with van der Waals surface area (Å²) in [5.74, 6) is 0. The zero-order valence-electron chi connectivity index (χ0n) is 26.9. The number of hydrogen-bond acceptors (Lipinski definition) is 5. The first kappa shape index (κ1) is 29.3. The molecule has 8 bridgehead atoms. The monoisotopic (exact) mass is 640 g/mol. The summed E-state index contributed by atoms with van der Waals surface area (Å²) in [6.07, 6.45) is 14.7. The molecular weight excluding hydrogens is 613 g/mol.